The smallest absolute Gasteiger partial charge is 0.116 e. The number of hydrogen-bond acceptors (Lipinski definition) is 4. The van der Waals surface area contributed by atoms with Crippen LogP contribution in [0.25, 0.3) is 22.8 Å². The molecule has 154 valence electrons. The van der Waals surface area contributed by atoms with Gasteiger partial charge in [0.05, 0.1) is 12.4 Å². The number of aromatic amines is 2. The summed E-state index contributed by atoms with van der Waals surface area (Å²) in [6.45, 7) is 13.4. The van der Waals surface area contributed by atoms with Gasteiger partial charge in [0.2, 0.25) is 0 Å². The van der Waals surface area contributed by atoms with E-state index in [0.29, 0.717) is 11.8 Å². The zero-order valence-electron chi connectivity index (χ0n) is 18.4. The number of fused-ring (bicyclic) bond motifs is 1. The van der Waals surface area contributed by atoms with Crippen LogP contribution in [0.1, 0.15) is 82.8 Å². The van der Waals surface area contributed by atoms with E-state index in [2.05, 4.69) is 66.9 Å². The van der Waals surface area contributed by atoms with Crippen LogP contribution in [-0.4, -0.2) is 30.4 Å². The van der Waals surface area contributed by atoms with Gasteiger partial charge >= 0.3 is 0 Å². The first-order chi connectivity index (χ1) is 13.8. The largest absolute Gasteiger partial charge is 0.282 e. The fourth-order valence-corrected chi connectivity index (χ4v) is 4.57. The summed E-state index contributed by atoms with van der Waals surface area (Å²) in [7, 11) is 0. The predicted molar refractivity (Wildman–Crippen MR) is 116 cm³/mol. The van der Waals surface area contributed by atoms with Crippen molar-refractivity contribution < 1.29 is 0 Å². The normalized spacial score (nSPS) is 15.9. The molecule has 6 heteroatoms. The zero-order valence-corrected chi connectivity index (χ0v) is 18.4. The van der Waals surface area contributed by atoms with E-state index in [1.807, 2.05) is 12.4 Å². The van der Waals surface area contributed by atoms with E-state index in [1.54, 1.807) is 0 Å². The Morgan fingerprint density at radius 2 is 1.69 bits per heavy atom. The van der Waals surface area contributed by atoms with Crippen molar-refractivity contribution in [2.24, 2.45) is 5.92 Å². The Morgan fingerprint density at radius 3 is 2.38 bits per heavy atom. The van der Waals surface area contributed by atoms with Crippen LogP contribution >= 0.6 is 0 Å². The number of nitrogens with one attached hydrogen (secondary N) is 2. The van der Waals surface area contributed by atoms with E-state index in [-0.39, 0.29) is 5.41 Å². The lowest BCUT2D eigenvalue weighted by atomic mass is 9.76. The highest BCUT2D eigenvalue weighted by Gasteiger charge is 2.32. The summed E-state index contributed by atoms with van der Waals surface area (Å²) in [6, 6.07) is 0. The maximum Gasteiger partial charge on any atom is 0.116 e. The molecule has 1 aliphatic carbocycles. The van der Waals surface area contributed by atoms with Crippen LogP contribution in [0.15, 0.2) is 12.4 Å². The lowest BCUT2D eigenvalue weighted by molar-refractivity contribution is 0.420. The molecular weight excluding hydrogens is 360 g/mol. The molecule has 0 fully saturated rings. The summed E-state index contributed by atoms with van der Waals surface area (Å²) in [4.78, 5) is 9.45. The molecular formula is C23H32N6. The highest BCUT2D eigenvalue weighted by Crippen LogP contribution is 2.39. The molecule has 0 aliphatic heterocycles. The Labute approximate surface area is 173 Å². The quantitative estimate of drug-likeness (QED) is 0.626. The number of aromatic nitrogens is 6. The van der Waals surface area contributed by atoms with Crippen LogP contribution in [0, 0.1) is 5.92 Å². The van der Waals surface area contributed by atoms with Gasteiger partial charge in [-0.05, 0) is 37.5 Å². The van der Waals surface area contributed by atoms with Crippen LogP contribution in [0.4, 0.5) is 0 Å². The maximum absolute atomic E-state index is 4.95. The molecule has 0 amide bonds. The molecule has 0 spiro atoms. The minimum atomic E-state index is 0.128. The molecule has 6 nitrogen and oxygen atoms in total. The summed E-state index contributed by atoms with van der Waals surface area (Å²) in [5, 5.41) is 15.8. The molecule has 29 heavy (non-hydrogen) atoms. The van der Waals surface area contributed by atoms with Gasteiger partial charge < -0.3 is 0 Å². The number of rotatable bonds is 5. The van der Waals surface area contributed by atoms with Crippen LogP contribution in [0.2, 0.25) is 0 Å². The number of H-pyrrole nitrogens is 2. The molecule has 0 saturated carbocycles. The van der Waals surface area contributed by atoms with Gasteiger partial charge in [-0.25, -0.2) is 4.98 Å². The summed E-state index contributed by atoms with van der Waals surface area (Å²) in [5.74, 6) is 0.930. The third kappa shape index (κ3) is 3.61. The number of hydrogen-bond donors (Lipinski definition) is 2. The van der Waals surface area contributed by atoms with E-state index >= 15 is 0 Å². The van der Waals surface area contributed by atoms with E-state index < -0.39 is 0 Å². The summed E-state index contributed by atoms with van der Waals surface area (Å²) in [6.07, 6.45) is 8.00. The molecule has 1 aliphatic rings. The highest BCUT2D eigenvalue weighted by atomic mass is 15.1. The standard InChI is InChI=1S/C23H32N6/c1-13(2)10-16-19(14(3)4)21(28-26-16)18-12-24-11-17(25-18)20-15-8-7-9-23(5,6)22(15)29-27-20/h11-14H,7-10H2,1-6H3,(H,26,28)(H,27,29). The van der Waals surface area contributed by atoms with Crippen molar-refractivity contribution in [1.29, 1.82) is 0 Å². The first-order valence-electron chi connectivity index (χ1n) is 10.8. The summed E-state index contributed by atoms with van der Waals surface area (Å²) < 4.78 is 0. The van der Waals surface area contributed by atoms with Gasteiger partial charge in [-0.15, -0.1) is 0 Å². The minimum absolute atomic E-state index is 0.128. The van der Waals surface area contributed by atoms with Crippen molar-refractivity contribution >= 4 is 0 Å². The first kappa shape index (κ1) is 19.8. The van der Waals surface area contributed by atoms with Gasteiger partial charge in [0.25, 0.3) is 0 Å². The predicted octanol–water partition coefficient (Wildman–Crippen LogP) is 5.19. The highest BCUT2D eigenvalue weighted by molar-refractivity contribution is 5.66. The van der Waals surface area contributed by atoms with Gasteiger partial charge in [0.1, 0.15) is 22.8 Å². The zero-order chi connectivity index (χ0) is 20.8. The third-order valence-corrected chi connectivity index (χ3v) is 5.96. The Bertz CT molecular complexity index is 1010. The third-order valence-electron chi connectivity index (χ3n) is 5.96. The van der Waals surface area contributed by atoms with Crippen molar-refractivity contribution in [1.82, 2.24) is 30.4 Å². The lowest BCUT2D eigenvalue weighted by Gasteiger charge is -2.29. The van der Waals surface area contributed by atoms with Crippen molar-refractivity contribution in [2.75, 3.05) is 0 Å². The molecule has 3 aromatic rings. The second kappa shape index (κ2) is 7.39. The average Bonchev–Trinajstić information content (AvgIpc) is 3.26. The van der Waals surface area contributed by atoms with Crippen LogP contribution in [0.5, 0.6) is 0 Å². The summed E-state index contributed by atoms with van der Waals surface area (Å²) in [5.41, 5.74) is 8.59. The Morgan fingerprint density at radius 1 is 1.00 bits per heavy atom. The molecule has 3 aromatic heterocycles. The monoisotopic (exact) mass is 392 g/mol. The number of nitrogens with zero attached hydrogens (tertiary/aromatic N) is 4. The van der Waals surface area contributed by atoms with Crippen LogP contribution in [0.3, 0.4) is 0 Å². The molecule has 2 N–H and O–H groups in total. The van der Waals surface area contributed by atoms with E-state index in [0.717, 1.165) is 35.6 Å². The molecule has 0 aromatic carbocycles. The summed E-state index contributed by atoms with van der Waals surface area (Å²) >= 11 is 0. The van der Waals surface area contributed by atoms with Gasteiger partial charge in [-0.2, -0.15) is 10.2 Å². The Kier molecular flexibility index (Phi) is 5.05. The molecule has 0 unspecified atom stereocenters. The van der Waals surface area contributed by atoms with Crippen molar-refractivity contribution in [3.8, 4) is 22.8 Å². The topological polar surface area (TPSA) is 83.1 Å². The lowest BCUT2D eigenvalue weighted by Crippen LogP contribution is -2.23. The van der Waals surface area contributed by atoms with E-state index in [1.165, 1.54) is 35.4 Å². The van der Waals surface area contributed by atoms with Gasteiger partial charge in [-0.3, -0.25) is 15.2 Å². The van der Waals surface area contributed by atoms with Crippen molar-refractivity contribution in [2.45, 2.75) is 78.6 Å². The fraction of sp³-hybridized carbons (Fsp3) is 0.565. The van der Waals surface area contributed by atoms with Crippen LogP contribution < -0.4 is 0 Å². The first-order valence-corrected chi connectivity index (χ1v) is 10.8. The van der Waals surface area contributed by atoms with Gasteiger partial charge in [-0.1, -0.05) is 41.5 Å². The SMILES string of the molecule is CC(C)Cc1[nH]nc(-c2cncc(-c3n[nH]c4c3CCCC4(C)C)n2)c1C(C)C. The average molecular weight is 393 g/mol. The molecule has 0 bridgehead atoms. The second-order valence-corrected chi connectivity index (χ2v) is 9.67. The molecule has 0 atom stereocenters. The van der Waals surface area contributed by atoms with Crippen molar-refractivity contribution in [3.63, 3.8) is 0 Å². The minimum Gasteiger partial charge on any atom is -0.282 e. The van der Waals surface area contributed by atoms with E-state index in [4.69, 9.17) is 4.98 Å². The van der Waals surface area contributed by atoms with Gasteiger partial charge in [0, 0.05) is 27.9 Å². The molecule has 3 heterocycles. The van der Waals surface area contributed by atoms with Crippen LogP contribution in [-0.2, 0) is 18.3 Å². The van der Waals surface area contributed by atoms with E-state index in [9.17, 15) is 0 Å². The Balaban J connectivity index is 1.77. The molecule has 4 rings (SSSR count). The maximum atomic E-state index is 4.95. The van der Waals surface area contributed by atoms with Crippen molar-refractivity contribution in [3.05, 3.63) is 34.9 Å². The fourth-order valence-electron chi connectivity index (χ4n) is 4.57. The molecule has 0 saturated heterocycles. The Hall–Kier alpha value is -2.50. The second-order valence-electron chi connectivity index (χ2n) is 9.67. The molecule has 0 radical (unpaired) electrons. The van der Waals surface area contributed by atoms with Gasteiger partial charge in [0.15, 0.2) is 0 Å².